The average molecular weight is 446 g/mol. The average Bonchev–Trinajstić information content (AvgIpc) is 3.64. The van der Waals surface area contributed by atoms with E-state index in [1.54, 1.807) is 6.07 Å². The van der Waals surface area contributed by atoms with Gasteiger partial charge in [-0.15, -0.1) is 0 Å². The lowest BCUT2D eigenvalue weighted by Crippen LogP contribution is -2.32. The quantitative estimate of drug-likeness (QED) is 0.526. The first-order valence-electron chi connectivity index (χ1n) is 11.1. The van der Waals surface area contributed by atoms with Gasteiger partial charge in [-0.2, -0.15) is 0 Å². The highest BCUT2D eigenvalue weighted by Gasteiger charge is 2.33. The van der Waals surface area contributed by atoms with E-state index in [2.05, 4.69) is 5.32 Å². The molecule has 0 heterocycles. The summed E-state index contributed by atoms with van der Waals surface area (Å²) in [6.45, 7) is 0.963. The molecule has 2 amide bonds. The monoisotopic (exact) mass is 445 g/mol. The predicted molar refractivity (Wildman–Crippen MR) is 129 cm³/mol. The zero-order valence-electron chi connectivity index (χ0n) is 18.9. The summed E-state index contributed by atoms with van der Waals surface area (Å²) >= 11 is 0. The third kappa shape index (κ3) is 5.77. The van der Waals surface area contributed by atoms with Crippen LogP contribution in [0, 0.1) is 11.7 Å². The molecule has 1 aliphatic carbocycles. The fraction of sp³-hybridized carbons (Fsp3) is 0.259. The Bertz CT molecular complexity index is 1140. The molecule has 6 heteroatoms. The molecule has 170 valence electrons. The molecule has 3 aromatic rings. The summed E-state index contributed by atoms with van der Waals surface area (Å²) in [6.07, 6.45) is 1.88. The van der Waals surface area contributed by atoms with Crippen LogP contribution in [0.1, 0.15) is 34.3 Å². The Morgan fingerprint density at radius 3 is 2.36 bits per heavy atom. The maximum Gasteiger partial charge on any atom is 0.255 e. The first-order valence-corrected chi connectivity index (χ1v) is 11.1. The van der Waals surface area contributed by atoms with E-state index in [-0.39, 0.29) is 23.3 Å². The molecule has 4 rings (SSSR count). The molecule has 33 heavy (non-hydrogen) atoms. The largest absolute Gasteiger partial charge is 0.377 e. The van der Waals surface area contributed by atoms with Gasteiger partial charge < -0.3 is 15.1 Å². The first kappa shape index (κ1) is 22.5. The molecular weight excluding hydrogens is 417 g/mol. The molecule has 1 N–H and O–H groups in total. The Balaban J connectivity index is 1.59. The van der Waals surface area contributed by atoms with Gasteiger partial charge in [-0.3, -0.25) is 9.59 Å². The second kappa shape index (κ2) is 9.86. The maximum atomic E-state index is 13.5. The lowest BCUT2D eigenvalue weighted by Gasteiger charge is -2.26. The van der Waals surface area contributed by atoms with Gasteiger partial charge in [-0.1, -0.05) is 36.4 Å². The number of hydrogen-bond acceptors (Lipinski definition) is 3. The van der Waals surface area contributed by atoms with Crippen molar-refractivity contribution in [2.45, 2.75) is 25.9 Å². The van der Waals surface area contributed by atoms with Gasteiger partial charge in [-0.05, 0) is 60.4 Å². The summed E-state index contributed by atoms with van der Waals surface area (Å²) < 4.78 is 13.5. The fourth-order valence-electron chi connectivity index (χ4n) is 3.87. The summed E-state index contributed by atoms with van der Waals surface area (Å²) in [4.78, 5) is 29.6. The van der Waals surface area contributed by atoms with E-state index in [1.807, 2.05) is 72.4 Å². The third-order valence-electron chi connectivity index (χ3n) is 5.72. The smallest absolute Gasteiger partial charge is 0.255 e. The van der Waals surface area contributed by atoms with Crippen molar-refractivity contribution in [2.75, 3.05) is 24.3 Å². The Labute approximate surface area is 193 Å². The summed E-state index contributed by atoms with van der Waals surface area (Å²) in [6, 6.07) is 21.2. The van der Waals surface area contributed by atoms with E-state index in [0.717, 1.165) is 29.7 Å². The number of rotatable bonds is 8. The minimum Gasteiger partial charge on any atom is -0.377 e. The SMILES string of the molecule is CN(C)c1ccc(NC(=O)c2cccc(F)c2)cc1CN(Cc1ccccc1)C(=O)C1CC1. The number of halogens is 1. The molecule has 0 bridgehead atoms. The molecule has 0 radical (unpaired) electrons. The van der Waals surface area contributed by atoms with E-state index in [0.29, 0.717) is 18.8 Å². The van der Waals surface area contributed by atoms with Crippen LogP contribution in [0.2, 0.25) is 0 Å². The molecule has 1 fully saturated rings. The van der Waals surface area contributed by atoms with Gasteiger partial charge in [0.1, 0.15) is 5.82 Å². The lowest BCUT2D eigenvalue weighted by molar-refractivity contribution is -0.133. The van der Waals surface area contributed by atoms with Gasteiger partial charge in [0, 0.05) is 50.0 Å². The van der Waals surface area contributed by atoms with E-state index >= 15 is 0 Å². The Hall–Kier alpha value is -3.67. The van der Waals surface area contributed by atoms with Gasteiger partial charge in [0.2, 0.25) is 5.91 Å². The van der Waals surface area contributed by atoms with Crippen molar-refractivity contribution < 1.29 is 14.0 Å². The normalized spacial score (nSPS) is 12.8. The van der Waals surface area contributed by atoms with Crippen LogP contribution in [0.25, 0.3) is 0 Å². The van der Waals surface area contributed by atoms with Crippen molar-refractivity contribution in [2.24, 2.45) is 5.92 Å². The second-order valence-corrected chi connectivity index (χ2v) is 8.66. The van der Waals surface area contributed by atoms with Gasteiger partial charge in [0.25, 0.3) is 5.91 Å². The predicted octanol–water partition coefficient (Wildman–Crippen LogP) is 5.08. The molecular formula is C27H28FN3O2. The zero-order valence-corrected chi connectivity index (χ0v) is 18.9. The second-order valence-electron chi connectivity index (χ2n) is 8.66. The summed E-state index contributed by atoms with van der Waals surface area (Å²) in [5.74, 6) is -0.570. The molecule has 0 saturated heterocycles. The summed E-state index contributed by atoms with van der Waals surface area (Å²) in [5.41, 5.74) is 3.84. The van der Waals surface area contributed by atoms with Crippen LogP contribution in [-0.4, -0.2) is 30.8 Å². The summed E-state index contributed by atoms with van der Waals surface area (Å²) in [5, 5.41) is 2.85. The first-order chi connectivity index (χ1) is 15.9. The van der Waals surface area contributed by atoms with Gasteiger partial charge in [-0.25, -0.2) is 4.39 Å². The van der Waals surface area contributed by atoms with E-state index in [9.17, 15) is 14.0 Å². The lowest BCUT2D eigenvalue weighted by atomic mass is 10.1. The third-order valence-corrected chi connectivity index (χ3v) is 5.72. The number of hydrogen-bond donors (Lipinski definition) is 1. The number of carbonyl (C=O) groups is 2. The van der Waals surface area contributed by atoms with Gasteiger partial charge in [0.15, 0.2) is 0 Å². The Kier molecular flexibility index (Phi) is 6.73. The molecule has 0 atom stereocenters. The van der Waals surface area contributed by atoms with Crippen LogP contribution in [0.3, 0.4) is 0 Å². The fourth-order valence-corrected chi connectivity index (χ4v) is 3.87. The Morgan fingerprint density at radius 2 is 1.70 bits per heavy atom. The molecule has 0 spiro atoms. The highest BCUT2D eigenvalue weighted by Crippen LogP contribution is 2.33. The highest BCUT2D eigenvalue weighted by molar-refractivity contribution is 6.04. The van der Waals surface area contributed by atoms with Crippen LogP contribution in [0.15, 0.2) is 72.8 Å². The highest BCUT2D eigenvalue weighted by atomic mass is 19.1. The molecule has 1 saturated carbocycles. The maximum absolute atomic E-state index is 13.5. The van der Waals surface area contributed by atoms with Crippen LogP contribution in [0.4, 0.5) is 15.8 Å². The van der Waals surface area contributed by atoms with Crippen molar-refractivity contribution in [1.29, 1.82) is 0 Å². The van der Waals surface area contributed by atoms with Crippen molar-refractivity contribution in [3.05, 3.63) is 95.3 Å². The molecule has 1 aliphatic rings. The van der Waals surface area contributed by atoms with E-state index in [1.165, 1.54) is 18.2 Å². The molecule has 5 nitrogen and oxygen atoms in total. The van der Waals surface area contributed by atoms with Crippen molar-refractivity contribution in [1.82, 2.24) is 4.90 Å². The van der Waals surface area contributed by atoms with Gasteiger partial charge in [0.05, 0.1) is 0 Å². The summed E-state index contributed by atoms with van der Waals surface area (Å²) in [7, 11) is 3.90. The number of nitrogens with one attached hydrogen (secondary N) is 1. The van der Waals surface area contributed by atoms with Crippen molar-refractivity contribution in [3.63, 3.8) is 0 Å². The topological polar surface area (TPSA) is 52.7 Å². The van der Waals surface area contributed by atoms with Crippen LogP contribution in [-0.2, 0) is 17.9 Å². The number of amides is 2. The minimum absolute atomic E-state index is 0.104. The van der Waals surface area contributed by atoms with Crippen LogP contribution >= 0.6 is 0 Å². The van der Waals surface area contributed by atoms with E-state index in [4.69, 9.17) is 0 Å². The number of anilines is 2. The number of carbonyl (C=O) groups excluding carboxylic acids is 2. The van der Waals surface area contributed by atoms with Gasteiger partial charge >= 0.3 is 0 Å². The molecule has 0 aromatic heterocycles. The standard InChI is InChI=1S/C27H28FN3O2/c1-30(2)25-14-13-24(29-26(32)21-9-6-10-23(28)15-21)16-22(25)18-31(27(33)20-11-12-20)17-19-7-4-3-5-8-19/h3-10,13-16,20H,11-12,17-18H2,1-2H3,(H,29,32). The van der Waals surface area contributed by atoms with E-state index < -0.39 is 5.82 Å². The molecule has 0 aliphatic heterocycles. The minimum atomic E-state index is -0.457. The van der Waals surface area contributed by atoms with Crippen LogP contribution in [0.5, 0.6) is 0 Å². The van der Waals surface area contributed by atoms with Crippen molar-refractivity contribution in [3.8, 4) is 0 Å². The molecule has 3 aromatic carbocycles. The zero-order chi connectivity index (χ0) is 23.4. The number of benzene rings is 3. The van der Waals surface area contributed by atoms with Crippen molar-refractivity contribution >= 4 is 23.2 Å². The molecule has 0 unspecified atom stereocenters. The number of nitrogens with zero attached hydrogens (tertiary/aromatic N) is 2. The Morgan fingerprint density at radius 1 is 0.939 bits per heavy atom. The van der Waals surface area contributed by atoms with Crippen LogP contribution < -0.4 is 10.2 Å².